The van der Waals surface area contributed by atoms with Crippen LogP contribution in [-0.4, -0.2) is 4.92 Å². The lowest BCUT2D eigenvalue weighted by molar-refractivity contribution is -0.384. The minimum absolute atomic E-state index is 0.176. The van der Waals surface area contributed by atoms with Gasteiger partial charge in [0.15, 0.2) is 0 Å². The molecule has 0 spiro atoms. The molecule has 1 fully saturated rings. The summed E-state index contributed by atoms with van der Waals surface area (Å²) in [4.78, 5) is 10.2. The van der Waals surface area contributed by atoms with Gasteiger partial charge in [0, 0.05) is 12.1 Å². The molecule has 0 aliphatic heterocycles. The van der Waals surface area contributed by atoms with E-state index in [9.17, 15) is 10.1 Å². The lowest BCUT2D eigenvalue weighted by Gasteiger charge is -2.44. The Balaban J connectivity index is 2.21. The van der Waals surface area contributed by atoms with Crippen LogP contribution in [0, 0.1) is 16.0 Å². The van der Waals surface area contributed by atoms with Crippen LogP contribution in [0.3, 0.4) is 0 Å². The zero-order valence-electron chi connectivity index (χ0n) is 9.06. The molecule has 1 aromatic carbocycles. The molecule has 0 amide bonds. The number of hydrogen-bond acceptors (Lipinski definition) is 2. The number of nitrogens with zero attached hydrogens (tertiary/aromatic N) is 1. The Hall–Kier alpha value is -1.38. The van der Waals surface area contributed by atoms with Crippen molar-refractivity contribution >= 4 is 5.69 Å². The first kappa shape index (κ1) is 10.1. The normalized spacial score (nSPS) is 29.6. The zero-order chi connectivity index (χ0) is 11.1. The van der Waals surface area contributed by atoms with Gasteiger partial charge in [0.05, 0.1) is 4.92 Å². The molecular weight excluding hydrogens is 190 g/mol. The lowest BCUT2D eigenvalue weighted by atomic mass is 9.60. The second-order valence-corrected chi connectivity index (χ2v) is 4.88. The first-order chi connectivity index (χ1) is 7.01. The van der Waals surface area contributed by atoms with Gasteiger partial charge < -0.3 is 0 Å². The monoisotopic (exact) mass is 205 g/mol. The van der Waals surface area contributed by atoms with Crippen molar-refractivity contribution in [1.82, 2.24) is 0 Å². The maximum Gasteiger partial charge on any atom is 0.269 e. The minimum Gasteiger partial charge on any atom is -0.258 e. The second kappa shape index (κ2) is 3.33. The first-order valence-electron chi connectivity index (χ1n) is 5.26. The molecule has 0 heterocycles. The number of non-ortho nitro benzene ring substituents is 1. The SMILES string of the molecule is CC1CC(C)(c2ccc([N+](=O)[O-])cc2)C1. The standard InChI is InChI=1S/C12H15NO2/c1-9-7-12(2,8-9)10-3-5-11(6-4-10)13(14)15/h3-6,9H,7-8H2,1-2H3. The highest BCUT2D eigenvalue weighted by Crippen LogP contribution is 2.47. The van der Waals surface area contributed by atoms with E-state index in [2.05, 4.69) is 13.8 Å². The third kappa shape index (κ3) is 1.74. The van der Waals surface area contributed by atoms with Crippen LogP contribution in [0.25, 0.3) is 0 Å². The first-order valence-corrected chi connectivity index (χ1v) is 5.26. The highest BCUT2D eigenvalue weighted by molar-refractivity contribution is 5.37. The third-order valence-corrected chi connectivity index (χ3v) is 3.37. The predicted molar refractivity (Wildman–Crippen MR) is 58.8 cm³/mol. The van der Waals surface area contributed by atoms with Crippen LogP contribution in [0.1, 0.15) is 32.3 Å². The number of nitro groups is 1. The van der Waals surface area contributed by atoms with E-state index in [-0.39, 0.29) is 16.0 Å². The smallest absolute Gasteiger partial charge is 0.258 e. The van der Waals surface area contributed by atoms with Gasteiger partial charge in [-0.05, 0) is 29.7 Å². The predicted octanol–water partition coefficient (Wildman–Crippen LogP) is 3.28. The molecule has 3 nitrogen and oxygen atoms in total. The van der Waals surface area contributed by atoms with Gasteiger partial charge in [-0.2, -0.15) is 0 Å². The number of benzene rings is 1. The van der Waals surface area contributed by atoms with E-state index in [4.69, 9.17) is 0 Å². The molecule has 0 saturated heterocycles. The van der Waals surface area contributed by atoms with Crippen LogP contribution in [0.15, 0.2) is 24.3 Å². The molecule has 0 radical (unpaired) electrons. The quantitative estimate of drug-likeness (QED) is 0.549. The van der Waals surface area contributed by atoms with Gasteiger partial charge in [0.1, 0.15) is 0 Å². The number of hydrogen-bond donors (Lipinski definition) is 0. The Bertz CT molecular complexity index is 377. The molecule has 1 aliphatic rings. The van der Waals surface area contributed by atoms with Crippen molar-refractivity contribution < 1.29 is 4.92 Å². The summed E-state index contributed by atoms with van der Waals surface area (Å²) in [6.07, 6.45) is 2.37. The Kier molecular flexibility index (Phi) is 2.25. The topological polar surface area (TPSA) is 43.1 Å². The lowest BCUT2D eigenvalue weighted by Crippen LogP contribution is -2.36. The van der Waals surface area contributed by atoms with E-state index in [1.165, 1.54) is 18.4 Å². The Morgan fingerprint density at radius 3 is 2.27 bits per heavy atom. The summed E-state index contributed by atoms with van der Waals surface area (Å²) in [5, 5.41) is 10.5. The summed E-state index contributed by atoms with van der Waals surface area (Å²) < 4.78 is 0. The maximum atomic E-state index is 10.5. The van der Waals surface area contributed by atoms with Gasteiger partial charge in [0.2, 0.25) is 0 Å². The van der Waals surface area contributed by atoms with Gasteiger partial charge in [-0.15, -0.1) is 0 Å². The van der Waals surface area contributed by atoms with Crippen molar-refractivity contribution in [2.45, 2.75) is 32.1 Å². The molecule has 3 heteroatoms. The molecule has 0 atom stereocenters. The fraction of sp³-hybridized carbons (Fsp3) is 0.500. The molecule has 2 rings (SSSR count). The Morgan fingerprint density at radius 2 is 1.87 bits per heavy atom. The van der Waals surface area contributed by atoms with Gasteiger partial charge in [-0.1, -0.05) is 26.0 Å². The van der Waals surface area contributed by atoms with Gasteiger partial charge in [-0.3, -0.25) is 10.1 Å². The van der Waals surface area contributed by atoms with Crippen LogP contribution in [0.2, 0.25) is 0 Å². The largest absolute Gasteiger partial charge is 0.269 e. The Labute approximate surface area is 89.3 Å². The molecule has 1 aliphatic carbocycles. The third-order valence-electron chi connectivity index (χ3n) is 3.37. The van der Waals surface area contributed by atoms with E-state index < -0.39 is 0 Å². The van der Waals surface area contributed by atoms with E-state index in [0.717, 1.165) is 5.92 Å². The molecule has 0 aromatic heterocycles. The van der Waals surface area contributed by atoms with E-state index in [1.54, 1.807) is 12.1 Å². The summed E-state index contributed by atoms with van der Waals surface area (Å²) in [6, 6.07) is 6.99. The summed E-state index contributed by atoms with van der Waals surface area (Å²) >= 11 is 0. The fourth-order valence-corrected chi connectivity index (χ4v) is 2.70. The summed E-state index contributed by atoms with van der Waals surface area (Å²) in [5.41, 5.74) is 1.65. The number of nitro benzene ring substituents is 1. The van der Waals surface area contributed by atoms with Crippen LogP contribution in [0.4, 0.5) is 5.69 Å². The molecule has 0 bridgehead atoms. The van der Waals surface area contributed by atoms with E-state index >= 15 is 0 Å². The van der Waals surface area contributed by atoms with Crippen molar-refractivity contribution in [2.75, 3.05) is 0 Å². The molecule has 80 valence electrons. The van der Waals surface area contributed by atoms with Crippen LogP contribution >= 0.6 is 0 Å². The molecule has 15 heavy (non-hydrogen) atoms. The van der Waals surface area contributed by atoms with Crippen molar-refractivity contribution in [3.05, 3.63) is 39.9 Å². The molecule has 1 saturated carbocycles. The summed E-state index contributed by atoms with van der Waals surface area (Å²) in [7, 11) is 0. The number of rotatable bonds is 2. The van der Waals surface area contributed by atoms with E-state index in [0.29, 0.717) is 0 Å². The van der Waals surface area contributed by atoms with Crippen LogP contribution in [0.5, 0.6) is 0 Å². The average Bonchev–Trinajstić information content (AvgIpc) is 2.16. The van der Waals surface area contributed by atoms with Crippen molar-refractivity contribution in [3.63, 3.8) is 0 Å². The maximum absolute atomic E-state index is 10.5. The molecule has 0 N–H and O–H groups in total. The van der Waals surface area contributed by atoms with Gasteiger partial charge in [-0.25, -0.2) is 0 Å². The molecular formula is C12H15NO2. The van der Waals surface area contributed by atoms with Gasteiger partial charge >= 0.3 is 0 Å². The second-order valence-electron chi connectivity index (χ2n) is 4.88. The van der Waals surface area contributed by atoms with Gasteiger partial charge in [0.25, 0.3) is 5.69 Å². The van der Waals surface area contributed by atoms with Crippen molar-refractivity contribution in [1.29, 1.82) is 0 Å². The fourth-order valence-electron chi connectivity index (χ4n) is 2.70. The van der Waals surface area contributed by atoms with Crippen LogP contribution < -0.4 is 0 Å². The average molecular weight is 205 g/mol. The summed E-state index contributed by atoms with van der Waals surface area (Å²) in [5.74, 6) is 0.783. The Morgan fingerprint density at radius 1 is 1.33 bits per heavy atom. The zero-order valence-corrected chi connectivity index (χ0v) is 9.06. The van der Waals surface area contributed by atoms with E-state index in [1.807, 2.05) is 12.1 Å². The highest BCUT2D eigenvalue weighted by Gasteiger charge is 2.38. The highest BCUT2D eigenvalue weighted by atomic mass is 16.6. The molecule has 0 unspecified atom stereocenters. The molecule has 1 aromatic rings. The van der Waals surface area contributed by atoms with Crippen molar-refractivity contribution in [3.8, 4) is 0 Å². The van der Waals surface area contributed by atoms with Crippen LogP contribution in [-0.2, 0) is 5.41 Å². The van der Waals surface area contributed by atoms with Crippen molar-refractivity contribution in [2.24, 2.45) is 5.92 Å². The minimum atomic E-state index is -0.352. The summed E-state index contributed by atoms with van der Waals surface area (Å²) in [6.45, 7) is 4.47.